The van der Waals surface area contributed by atoms with Crippen molar-refractivity contribution < 1.29 is 23.8 Å². The molecule has 2 aromatic rings. The van der Waals surface area contributed by atoms with Crippen molar-refractivity contribution in [3.8, 4) is 11.5 Å². The summed E-state index contributed by atoms with van der Waals surface area (Å²) in [5, 5.41) is 3.19. The molecule has 5 rings (SSSR count). The quantitative estimate of drug-likeness (QED) is 0.793. The van der Waals surface area contributed by atoms with Crippen LogP contribution in [-0.2, 0) is 14.3 Å². The SMILES string of the molecule is O=C1C[C@@H](Nc2ccc(N3CCOCC3)cc2)C(=O)N1c1ccc2c(c1)OCO2. The average Bonchev–Trinajstić information content (AvgIpc) is 3.32. The first kappa shape index (κ1) is 17.8. The Morgan fingerprint density at radius 2 is 1.62 bits per heavy atom. The van der Waals surface area contributed by atoms with E-state index in [0.717, 1.165) is 37.7 Å². The van der Waals surface area contributed by atoms with Gasteiger partial charge in [0, 0.05) is 30.5 Å². The lowest BCUT2D eigenvalue weighted by atomic mass is 10.2. The lowest BCUT2D eigenvalue weighted by molar-refractivity contribution is -0.121. The Kier molecular flexibility index (Phi) is 4.48. The highest BCUT2D eigenvalue weighted by molar-refractivity contribution is 6.23. The molecule has 2 saturated heterocycles. The molecule has 3 heterocycles. The van der Waals surface area contributed by atoms with Gasteiger partial charge in [-0.1, -0.05) is 0 Å². The number of benzene rings is 2. The van der Waals surface area contributed by atoms with Crippen LogP contribution in [-0.4, -0.2) is 51.0 Å². The molecule has 0 unspecified atom stereocenters. The van der Waals surface area contributed by atoms with E-state index in [1.54, 1.807) is 18.2 Å². The van der Waals surface area contributed by atoms with Crippen molar-refractivity contribution in [3.63, 3.8) is 0 Å². The van der Waals surface area contributed by atoms with Gasteiger partial charge in [0.05, 0.1) is 25.3 Å². The topological polar surface area (TPSA) is 80.3 Å². The molecule has 2 aromatic carbocycles. The first-order chi connectivity index (χ1) is 14.2. The van der Waals surface area contributed by atoms with Crippen molar-refractivity contribution in [2.45, 2.75) is 12.5 Å². The van der Waals surface area contributed by atoms with Crippen LogP contribution >= 0.6 is 0 Å². The fourth-order valence-corrected chi connectivity index (χ4v) is 3.83. The lowest BCUT2D eigenvalue weighted by Crippen LogP contribution is -2.36. The summed E-state index contributed by atoms with van der Waals surface area (Å²) in [6, 6.07) is 12.4. The molecule has 2 fully saturated rings. The number of hydrogen-bond acceptors (Lipinski definition) is 7. The average molecular weight is 395 g/mol. The van der Waals surface area contributed by atoms with E-state index in [2.05, 4.69) is 10.2 Å². The van der Waals surface area contributed by atoms with Crippen molar-refractivity contribution in [1.29, 1.82) is 0 Å². The van der Waals surface area contributed by atoms with E-state index in [1.807, 2.05) is 24.3 Å². The number of fused-ring (bicyclic) bond motifs is 1. The van der Waals surface area contributed by atoms with Gasteiger partial charge < -0.3 is 24.4 Å². The third-order valence-corrected chi connectivity index (χ3v) is 5.35. The fraction of sp³-hybridized carbons (Fsp3) is 0.333. The number of nitrogens with zero attached hydrogens (tertiary/aromatic N) is 2. The van der Waals surface area contributed by atoms with E-state index in [4.69, 9.17) is 14.2 Å². The number of ether oxygens (including phenoxy) is 3. The second kappa shape index (κ2) is 7.29. The molecule has 0 bridgehead atoms. The van der Waals surface area contributed by atoms with Gasteiger partial charge in [-0.15, -0.1) is 0 Å². The zero-order valence-corrected chi connectivity index (χ0v) is 15.8. The molecule has 0 radical (unpaired) electrons. The lowest BCUT2D eigenvalue weighted by Gasteiger charge is -2.29. The van der Waals surface area contributed by atoms with Gasteiger partial charge in [0.15, 0.2) is 11.5 Å². The largest absolute Gasteiger partial charge is 0.454 e. The van der Waals surface area contributed by atoms with Crippen LogP contribution in [0.4, 0.5) is 17.1 Å². The molecule has 8 heteroatoms. The van der Waals surface area contributed by atoms with Gasteiger partial charge in [0.25, 0.3) is 5.91 Å². The number of rotatable bonds is 4. The Labute approximate surface area is 167 Å². The van der Waals surface area contributed by atoms with E-state index >= 15 is 0 Å². The number of amides is 2. The minimum Gasteiger partial charge on any atom is -0.454 e. The molecule has 29 heavy (non-hydrogen) atoms. The van der Waals surface area contributed by atoms with Crippen LogP contribution in [0.25, 0.3) is 0 Å². The molecule has 2 amide bonds. The Morgan fingerprint density at radius 1 is 0.897 bits per heavy atom. The third kappa shape index (κ3) is 3.36. The standard InChI is InChI=1S/C21H21N3O5/c25-20-12-17(21(26)24(20)16-5-6-18-19(11-16)29-13-28-18)22-14-1-3-15(4-2-14)23-7-9-27-10-8-23/h1-6,11,17,22H,7-10,12-13H2/t17-/m1/s1. The van der Waals surface area contributed by atoms with E-state index in [0.29, 0.717) is 17.2 Å². The van der Waals surface area contributed by atoms with E-state index < -0.39 is 6.04 Å². The van der Waals surface area contributed by atoms with Crippen LogP contribution in [0.2, 0.25) is 0 Å². The van der Waals surface area contributed by atoms with Crippen molar-refractivity contribution in [2.24, 2.45) is 0 Å². The number of hydrogen-bond donors (Lipinski definition) is 1. The minimum absolute atomic E-state index is 0.110. The number of morpholine rings is 1. The first-order valence-electron chi connectivity index (χ1n) is 9.65. The highest BCUT2D eigenvalue weighted by Crippen LogP contribution is 2.37. The molecule has 0 aliphatic carbocycles. The van der Waals surface area contributed by atoms with Crippen LogP contribution in [0.3, 0.4) is 0 Å². The van der Waals surface area contributed by atoms with Crippen molar-refractivity contribution in [1.82, 2.24) is 0 Å². The molecule has 0 aromatic heterocycles. The maximum atomic E-state index is 12.9. The maximum Gasteiger partial charge on any atom is 0.256 e. The van der Waals surface area contributed by atoms with Crippen LogP contribution in [0.15, 0.2) is 42.5 Å². The van der Waals surface area contributed by atoms with E-state index in [-0.39, 0.29) is 25.0 Å². The summed E-state index contributed by atoms with van der Waals surface area (Å²) >= 11 is 0. The van der Waals surface area contributed by atoms with Gasteiger partial charge >= 0.3 is 0 Å². The monoisotopic (exact) mass is 395 g/mol. The normalized spacial score (nSPS) is 21.0. The molecule has 8 nitrogen and oxygen atoms in total. The number of carbonyl (C=O) groups is 2. The van der Waals surface area contributed by atoms with Gasteiger partial charge in [-0.05, 0) is 36.4 Å². The number of nitrogens with one attached hydrogen (secondary N) is 1. The zero-order chi connectivity index (χ0) is 19.8. The number of imide groups is 1. The Bertz CT molecular complexity index is 940. The molecule has 0 spiro atoms. The molecule has 150 valence electrons. The summed E-state index contributed by atoms with van der Waals surface area (Å²) in [5.41, 5.74) is 2.42. The summed E-state index contributed by atoms with van der Waals surface area (Å²) in [5.74, 6) is 0.642. The van der Waals surface area contributed by atoms with E-state index in [1.165, 1.54) is 4.90 Å². The predicted octanol–water partition coefficient (Wildman–Crippen LogP) is 2.00. The van der Waals surface area contributed by atoms with Gasteiger partial charge in [-0.25, -0.2) is 4.90 Å². The summed E-state index contributed by atoms with van der Waals surface area (Å²) in [4.78, 5) is 28.9. The second-order valence-corrected chi connectivity index (χ2v) is 7.15. The van der Waals surface area contributed by atoms with Crippen LogP contribution in [0, 0.1) is 0 Å². The second-order valence-electron chi connectivity index (χ2n) is 7.15. The van der Waals surface area contributed by atoms with Gasteiger partial charge in [-0.2, -0.15) is 0 Å². The molecular weight excluding hydrogens is 374 g/mol. The molecule has 0 saturated carbocycles. The summed E-state index contributed by atoms with van der Waals surface area (Å²) in [6.07, 6.45) is 0.110. The Balaban J connectivity index is 1.28. The van der Waals surface area contributed by atoms with Gasteiger partial charge in [0.1, 0.15) is 6.04 Å². The fourth-order valence-electron chi connectivity index (χ4n) is 3.83. The molecular formula is C21H21N3O5. The Hall–Kier alpha value is -3.26. The van der Waals surface area contributed by atoms with Gasteiger partial charge in [0.2, 0.25) is 12.7 Å². The molecule has 1 atom stereocenters. The summed E-state index contributed by atoms with van der Waals surface area (Å²) in [7, 11) is 0. The molecule has 3 aliphatic rings. The van der Waals surface area contributed by atoms with Crippen molar-refractivity contribution in [2.75, 3.05) is 48.2 Å². The van der Waals surface area contributed by atoms with Crippen LogP contribution < -0.4 is 24.6 Å². The molecule has 1 N–H and O–H groups in total. The summed E-state index contributed by atoms with van der Waals surface area (Å²) in [6.45, 7) is 3.34. The smallest absolute Gasteiger partial charge is 0.256 e. The van der Waals surface area contributed by atoms with Crippen LogP contribution in [0.1, 0.15) is 6.42 Å². The van der Waals surface area contributed by atoms with Crippen LogP contribution in [0.5, 0.6) is 11.5 Å². The number of carbonyl (C=O) groups excluding carboxylic acids is 2. The van der Waals surface area contributed by atoms with E-state index in [9.17, 15) is 9.59 Å². The number of anilines is 3. The van der Waals surface area contributed by atoms with Crippen molar-refractivity contribution >= 4 is 28.9 Å². The first-order valence-corrected chi connectivity index (χ1v) is 9.65. The van der Waals surface area contributed by atoms with Crippen molar-refractivity contribution in [3.05, 3.63) is 42.5 Å². The Morgan fingerprint density at radius 3 is 2.41 bits per heavy atom. The highest BCUT2D eigenvalue weighted by atomic mass is 16.7. The minimum atomic E-state index is -0.595. The molecule has 3 aliphatic heterocycles. The highest BCUT2D eigenvalue weighted by Gasteiger charge is 2.40. The maximum absolute atomic E-state index is 12.9. The third-order valence-electron chi connectivity index (χ3n) is 5.35. The van der Waals surface area contributed by atoms with Gasteiger partial charge in [-0.3, -0.25) is 9.59 Å². The zero-order valence-electron chi connectivity index (χ0n) is 15.8. The summed E-state index contributed by atoms with van der Waals surface area (Å²) < 4.78 is 16.0. The predicted molar refractivity (Wildman–Crippen MR) is 107 cm³/mol.